The summed E-state index contributed by atoms with van der Waals surface area (Å²) in [5, 5.41) is 0. The summed E-state index contributed by atoms with van der Waals surface area (Å²) in [7, 11) is 2.07. The number of carbonyl (C=O) groups is 1. The van der Waals surface area contributed by atoms with Crippen LogP contribution in [0.5, 0.6) is 0 Å². The Balaban J connectivity index is 1.63. The summed E-state index contributed by atoms with van der Waals surface area (Å²) in [6.45, 7) is 5.25. The van der Waals surface area contributed by atoms with Crippen LogP contribution in [0.25, 0.3) is 0 Å². The second-order valence-corrected chi connectivity index (χ2v) is 8.27. The van der Waals surface area contributed by atoms with Gasteiger partial charge in [-0.1, -0.05) is 49.6 Å². The lowest BCUT2D eigenvalue weighted by molar-refractivity contribution is -0.149. The van der Waals surface area contributed by atoms with Crippen molar-refractivity contribution in [2.75, 3.05) is 7.05 Å². The Morgan fingerprint density at radius 3 is 2.43 bits per heavy atom. The summed E-state index contributed by atoms with van der Waals surface area (Å²) >= 11 is 0. The Morgan fingerprint density at radius 2 is 1.75 bits per heavy atom. The van der Waals surface area contributed by atoms with Gasteiger partial charge in [-0.15, -0.1) is 0 Å². The molecule has 1 aliphatic carbocycles. The van der Waals surface area contributed by atoms with E-state index in [9.17, 15) is 4.79 Å². The number of nitrogens with zero attached hydrogens (tertiary/aromatic N) is 1. The lowest BCUT2D eigenvalue weighted by Gasteiger charge is -2.29. The fraction of sp³-hybridized carbons (Fsp3) is 0.542. The Labute approximate surface area is 168 Å². The number of rotatable bonds is 8. The number of esters is 1. The largest absolute Gasteiger partial charge is 0.461 e. The van der Waals surface area contributed by atoms with E-state index in [1.54, 1.807) is 0 Å². The standard InChI is InChI=1S/C24H33NO3/c1-18(2)25(3)16-21-14-15-22(28-21)17-27-24(26)23(19-10-6-4-7-11-19)20-12-8-5-9-13-20/h4,6-7,10-11,14-15,18,20,23H,5,8-9,12-13,16-17H2,1-3H3/t23-/m1/s1. The molecule has 1 aromatic carbocycles. The Morgan fingerprint density at radius 1 is 1.07 bits per heavy atom. The molecule has 1 aliphatic rings. The van der Waals surface area contributed by atoms with Gasteiger partial charge >= 0.3 is 5.97 Å². The van der Waals surface area contributed by atoms with Crippen molar-refractivity contribution in [2.45, 2.75) is 71.1 Å². The number of furan rings is 1. The van der Waals surface area contributed by atoms with Crippen molar-refractivity contribution in [3.05, 3.63) is 59.5 Å². The van der Waals surface area contributed by atoms with Crippen molar-refractivity contribution in [3.63, 3.8) is 0 Å². The number of benzene rings is 1. The van der Waals surface area contributed by atoms with Gasteiger partial charge in [0.1, 0.15) is 18.1 Å². The molecule has 0 aliphatic heterocycles. The van der Waals surface area contributed by atoms with Gasteiger partial charge in [-0.2, -0.15) is 0 Å². The van der Waals surface area contributed by atoms with Crippen molar-refractivity contribution in [1.82, 2.24) is 4.90 Å². The molecular formula is C24H33NO3. The Bertz CT molecular complexity index is 731. The summed E-state index contributed by atoms with van der Waals surface area (Å²) in [4.78, 5) is 15.2. The van der Waals surface area contributed by atoms with Crippen molar-refractivity contribution in [2.24, 2.45) is 5.92 Å². The molecule has 0 radical (unpaired) electrons. The third kappa shape index (κ3) is 5.48. The van der Waals surface area contributed by atoms with E-state index in [-0.39, 0.29) is 18.5 Å². The average Bonchev–Trinajstić information content (AvgIpc) is 3.15. The maximum absolute atomic E-state index is 13.0. The van der Waals surface area contributed by atoms with E-state index in [0.717, 1.165) is 30.7 Å². The third-order valence-electron chi connectivity index (χ3n) is 5.89. The van der Waals surface area contributed by atoms with Crippen LogP contribution in [0.15, 0.2) is 46.9 Å². The summed E-state index contributed by atoms with van der Waals surface area (Å²) in [5.74, 6) is 1.67. The highest BCUT2D eigenvalue weighted by Gasteiger charge is 2.32. The minimum atomic E-state index is -0.178. The lowest BCUT2D eigenvalue weighted by atomic mass is 9.77. The van der Waals surface area contributed by atoms with E-state index in [1.807, 2.05) is 42.5 Å². The molecule has 1 atom stereocenters. The van der Waals surface area contributed by atoms with E-state index in [0.29, 0.717) is 17.7 Å². The van der Waals surface area contributed by atoms with Crippen LogP contribution in [0.3, 0.4) is 0 Å². The van der Waals surface area contributed by atoms with Crippen LogP contribution in [0.4, 0.5) is 0 Å². The van der Waals surface area contributed by atoms with Gasteiger partial charge in [0.2, 0.25) is 0 Å². The zero-order chi connectivity index (χ0) is 19.9. The molecule has 0 N–H and O–H groups in total. The minimum absolute atomic E-state index is 0.129. The van der Waals surface area contributed by atoms with Crippen LogP contribution in [0.2, 0.25) is 0 Å². The van der Waals surface area contributed by atoms with Gasteiger partial charge in [-0.3, -0.25) is 9.69 Å². The van der Waals surface area contributed by atoms with E-state index in [1.165, 1.54) is 19.3 Å². The molecule has 0 bridgehead atoms. The molecule has 152 valence electrons. The average molecular weight is 384 g/mol. The molecule has 2 aromatic rings. The summed E-state index contributed by atoms with van der Waals surface area (Å²) in [5.41, 5.74) is 1.07. The number of ether oxygens (including phenoxy) is 1. The van der Waals surface area contributed by atoms with E-state index in [2.05, 4.69) is 25.8 Å². The van der Waals surface area contributed by atoms with Crippen LogP contribution < -0.4 is 0 Å². The van der Waals surface area contributed by atoms with Crippen molar-refractivity contribution in [3.8, 4) is 0 Å². The van der Waals surface area contributed by atoms with Crippen LogP contribution in [0, 0.1) is 5.92 Å². The van der Waals surface area contributed by atoms with Gasteiger partial charge in [0.05, 0.1) is 12.5 Å². The quantitative estimate of drug-likeness (QED) is 0.562. The highest BCUT2D eigenvalue weighted by molar-refractivity contribution is 5.78. The number of carbonyl (C=O) groups excluding carboxylic acids is 1. The molecule has 3 rings (SSSR count). The topological polar surface area (TPSA) is 42.7 Å². The molecule has 0 unspecified atom stereocenters. The molecule has 4 heteroatoms. The molecule has 1 fully saturated rings. The molecule has 1 saturated carbocycles. The monoisotopic (exact) mass is 383 g/mol. The smallest absolute Gasteiger partial charge is 0.314 e. The van der Waals surface area contributed by atoms with Gasteiger partial charge in [0.15, 0.2) is 0 Å². The zero-order valence-corrected chi connectivity index (χ0v) is 17.4. The van der Waals surface area contributed by atoms with Crippen LogP contribution in [-0.2, 0) is 22.7 Å². The first-order valence-corrected chi connectivity index (χ1v) is 10.5. The second kappa shape index (κ2) is 9.92. The van der Waals surface area contributed by atoms with Gasteiger partial charge < -0.3 is 9.15 Å². The highest BCUT2D eigenvalue weighted by Crippen LogP contribution is 2.37. The fourth-order valence-electron chi connectivity index (χ4n) is 3.97. The number of hydrogen-bond donors (Lipinski definition) is 0. The van der Waals surface area contributed by atoms with Crippen molar-refractivity contribution < 1.29 is 13.9 Å². The first-order chi connectivity index (χ1) is 13.5. The second-order valence-electron chi connectivity index (χ2n) is 8.27. The molecule has 1 heterocycles. The van der Waals surface area contributed by atoms with E-state index in [4.69, 9.17) is 9.15 Å². The zero-order valence-electron chi connectivity index (χ0n) is 17.4. The molecule has 0 spiro atoms. The molecule has 28 heavy (non-hydrogen) atoms. The van der Waals surface area contributed by atoms with Gasteiger partial charge in [0.25, 0.3) is 0 Å². The summed E-state index contributed by atoms with van der Waals surface area (Å²) < 4.78 is 11.6. The summed E-state index contributed by atoms with van der Waals surface area (Å²) in [6.07, 6.45) is 5.87. The van der Waals surface area contributed by atoms with Crippen LogP contribution >= 0.6 is 0 Å². The summed E-state index contributed by atoms with van der Waals surface area (Å²) in [6, 6.07) is 14.4. The number of hydrogen-bond acceptors (Lipinski definition) is 4. The molecule has 0 saturated heterocycles. The highest BCUT2D eigenvalue weighted by atomic mass is 16.5. The van der Waals surface area contributed by atoms with Gasteiger partial charge in [-0.25, -0.2) is 0 Å². The molecule has 1 aromatic heterocycles. The van der Waals surface area contributed by atoms with Crippen LogP contribution in [0.1, 0.15) is 69.0 Å². The maximum Gasteiger partial charge on any atom is 0.314 e. The van der Waals surface area contributed by atoms with Crippen molar-refractivity contribution >= 4 is 5.97 Å². The first-order valence-electron chi connectivity index (χ1n) is 10.5. The van der Waals surface area contributed by atoms with Gasteiger partial charge in [0, 0.05) is 6.04 Å². The molecule has 0 amide bonds. The predicted octanol–water partition coefficient (Wildman–Crippen LogP) is 5.53. The molecule has 4 nitrogen and oxygen atoms in total. The third-order valence-corrected chi connectivity index (χ3v) is 5.89. The minimum Gasteiger partial charge on any atom is -0.461 e. The van der Waals surface area contributed by atoms with Crippen molar-refractivity contribution in [1.29, 1.82) is 0 Å². The normalized spacial score (nSPS) is 16.5. The lowest BCUT2D eigenvalue weighted by Crippen LogP contribution is -2.25. The maximum atomic E-state index is 13.0. The first kappa shape index (κ1) is 20.7. The Kier molecular flexibility index (Phi) is 7.32. The Hall–Kier alpha value is -2.07. The fourth-order valence-corrected chi connectivity index (χ4v) is 3.97. The van der Waals surface area contributed by atoms with Gasteiger partial charge in [-0.05, 0) is 57.4 Å². The molecular weight excluding hydrogens is 350 g/mol. The van der Waals surface area contributed by atoms with Crippen LogP contribution in [-0.4, -0.2) is 24.0 Å². The van der Waals surface area contributed by atoms with E-state index < -0.39 is 0 Å². The SMILES string of the molecule is CC(C)N(C)Cc1ccc(COC(=O)[C@H](c2ccccc2)C2CCCCC2)o1. The van der Waals surface area contributed by atoms with E-state index >= 15 is 0 Å². The predicted molar refractivity (Wildman–Crippen MR) is 111 cm³/mol.